The van der Waals surface area contributed by atoms with Crippen molar-refractivity contribution in [2.75, 3.05) is 0 Å². The second-order valence-electron chi connectivity index (χ2n) is 4.28. The Hall–Kier alpha value is -3.71. The number of hydrogen-bond donors (Lipinski definition) is 1. The maximum Gasteiger partial charge on any atom is 0.129 e. The molecule has 0 aliphatic rings. The van der Waals surface area contributed by atoms with Crippen molar-refractivity contribution in [3.05, 3.63) is 60.4 Å². The molecule has 0 amide bonds. The summed E-state index contributed by atoms with van der Waals surface area (Å²) in [6.45, 7) is 0.290. The third kappa shape index (κ3) is 4.13. The van der Waals surface area contributed by atoms with Crippen LogP contribution in [-0.4, -0.2) is 16.2 Å². The maximum absolute atomic E-state index is 8.46. The summed E-state index contributed by atoms with van der Waals surface area (Å²) in [5.74, 6) is 0.632. The second-order valence-corrected chi connectivity index (χ2v) is 4.28. The topological polar surface area (TPSA) is 187 Å². The van der Waals surface area contributed by atoms with Gasteiger partial charge in [-0.25, -0.2) is 4.98 Å². The number of nitrogens with one attached hydrogen (secondary N) is 1. The Kier molecular flexibility index (Phi) is 5.39. The van der Waals surface area contributed by atoms with Gasteiger partial charge < -0.3 is 4.98 Å². The molecule has 2 aromatic rings. The number of azide groups is 3. The number of hydrogen-bond acceptors (Lipinski definition) is 4. The van der Waals surface area contributed by atoms with Crippen LogP contribution in [0.25, 0.3) is 42.4 Å². The lowest BCUT2D eigenvalue weighted by atomic mass is 10.1. The molecule has 23 heavy (non-hydrogen) atoms. The highest BCUT2D eigenvalue weighted by molar-refractivity contribution is 5.78. The van der Waals surface area contributed by atoms with E-state index < -0.39 is 0 Å². The summed E-state index contributed by atoms with van der Waals surface area (Å²) in [6, 6.07) is 3.57. The number of nitrogens with zero attached hydrogens (tertiary/aromatic N) is 11. The first-order valence-corrected chi connectivity index (χ1v) is 6.36. The van der Waals surface area contributed by atoms with E-state index in [1.165, 1.54) is 6.21 Å². The summed E-state index contributed by atoms with van der Waals surface area (Å²) < 4.78 is 0. The zero-order valence-corrected chi connectivity index (χ0v) is 11.8. The molecule has 1 aromatic carbocycles. The van der Waals surface area contributed by atoms with Crippen molar-refractivity contribution < 1.29 is 0 Å². The Morgan fingerprint density at radius 2 is 1.74 bits per heavy atom. The van der Waals surface area contributed by atoms with Gasteiger partial charge in [-0.05, 0) is 39.4 Å². The van der Waals surface area contributed by atoms with Gasteiger partial charge in [-0.15, -0.1) is 5.53 Å². The Labute approximate surface area is 128 Å². The number of imidazole rings is 1. The lowest BCUT2D eigenvalue weighted by molar-refractivity contribution is 0.966. The molecule has 0 spiro atoms. The average Bonchev–Trinajstić information content (AvgIpc) is 2.96. The van der Waals surface area contributed by atoms with Gasteiger partial charge in [0.1, 0.15) is 12.0 Å². The maximum atomic E-state index is 8.46. The summed E-state index contributed by atoms with van der Waals surface area (Å²) in [5, 5.41) is 13.6. The highest BCUT2D eigenvalue weighted by Crippen LogP contribution is 2.20. The first-order valence-electron chi connectivity index (χ1n) is 6.36. The van der Waals surface area contributed by atoms with E-state index in [1.807, 2.05) is 0 Å². The highest BCUT2D eigenvalue weighted by Gasteiger charge is 2.08. The van der Waals surface area contributed by atoms with Gasteiger partial charge in [0, 0.05) is 15.0 Å². The molecule has 12 nitrogen and oxygen atoms in total. The Balaban J connectivity index is 2.37. The molecule has 0 saturated carbocycles. The van der Waals surface area contributed by atoms with Crippen LogP contribution in [0.3, 0.4) is 0 Å². The van der Waals surface area contributed by atoms with E-state index in [-0.39, 0.29) is 13.1 Å². The van der Waals surface area contributed by atoms with Crippen LogP contribution in [0.1, 0.15) is 17.0 Å². The summed E-state index contributed by atoms with van der Waals surface area (Å²) in [7, 11) is 0. The summed E-state index contributed by atoms with van der Waals surface area (Å²) in [4.78, 5) is 15.5. The van der Waals surface area contributed by atoms with Crippen molar-refractivity contribution in [2.24, 2.45) is 20.6 Å². The van der Waals surface area contributed by atoms with Gasteiger partial charge in [0.15, 0.2) is 0 Å². The number of rotatable bonds is 7. The van der Waals surface area contributed by atoms with E-state index in [9.17, 15) is 0 Å². The fourth-order valence-corrected chi connectivity index (χ4v) is 1.99. The number of fused-ring (bicyclic) bond motifs is 1. The first-order chi connectivity index (χ1) is 11.3. The Morgan fingerprint density at radius 1 is 1.04 bits per heavy atom. The van der Waals surface area contributed by atoms with Crippen molar-refractivity contribution in [3.63, 3.8) is 0 Å². The van der Waals surface area contributed by atoms with E-state index in [1.54, 1.807) is 12.1 Å². The number of benzene rings is 1. The quantitative estimate of drug-likeness (QED) is 0.261. The van der Waals surface area contributed by atoms with Gasteiger partial charge >= 0.3 is 0 Å². The Bertz CT molecular complexity index is 817. The normalized spacial score (nSPS) is 10.1. The molecule has 0 fully saturated rings. The van der Waals surface area contributed by atoms with Crippen molar-refractivity contribution >= 4 is 17.2 Å². The standard InChI is InChI=1S/C11H10N12/c12-20-16-5-7-3-9-10(4-8(7)6-17-21-13)19-11(18-9)1-2-15-23-22-14/h2-4H,1,5-6H2,(H,18,19). The van der Waals surface area contributed by atoms with Crippen LogP contribution in [-0.2, 0) is 19.5 Å². The minimum Gasteiger partial charge on any atom is -0.342 e. The van der Waals surface area contributed by atoms with Crippen molar-refractivity contribution in [1.29, 1.82) is 0 Å². The van der Waals surface area contributed by atoms with Crippen molar-refractivity contribution in [2.45, 2.75) is 19.5 Å². The summed E-state index contributed by atoms with van der Waals surface area (Å²) >= 11 is 0. The minimum absolute atomic E-state index is 0.142. The van der Waals surface area contributed by atoms with Crippen LogP contribution >= 0.6 is 0 Å². The van der Waals surface area contributed by atoms with Crippen LogP contribution < -0.4 is 0 Å². The molecule has 1 N–H and O–H groups in total. The highest BCUT2D eigenvalue weighted by atomic mass is 15.4. The molecule has 0 unspecified atom stereocenters. The smallest absolute Gasteiger partial charge is 0.129 e. The Morgan fingerprint density at radius 3 is 2.39 bits per heavy atom. The second kappa shape index (κ2) is 7.91. The molecule has 1 aromatic heterocycles. The number of H-pyrrole nitrogens is 1. The van der Waals surface area contributed by atoms with E-state index in [2.05, 4.69) is 45.3 Å². The van der Waals surface area contributed by atoms with Crippen LogP contribution in [0.2, 0.25) is 0 Å². The third-order valence-electron chi connectivity index (χ3n) is 2.92. The predicted octanol–water partition coefficient (Wildman–Crippen LogP) is 4.02. The molecule has 0 aliphatic heterocycles. The minimum atomic E-state index is 0.142. The lowest BCUT2D eigenvalue weighted by Gasteiger charge is -2.04. The van der Waals surface area contributed by atoms with E-state index in [0.29, 0.717) is 17.8 Å². The molecule has 0 aliphatic carbocycles. The molecule has 114 valence electrons. The van der Waals surface area contributed by atoms with Crippen molar-refractivity contribution in [3.8, 4) is 0 Å². The molecule has 12 heteroatoms. The zero-order chi connectivity index (χ0) is 16.5. The molecule has 0 bridgehead atoms. The lowest BCUT2D eigenvalue weighted by Crippen LogP contribution is -1.91. The molecule has 0 atom stereocenters. The van der Waals surface area contributed by atoms with Gasteiger partial charge in [-0.2, -0.15) is 4.91 Å². The van der Waals surface area contributed by atoms with Gasteiger partial charge in [0.05, 0.1) is 30.5 Å². The predicted molar refractivity (Wildman–Crippen MR) is 83.1 cm³/mol. The monoisotopic (exact) mass is 310 g/mol. The van der Waals surface area contributed by atoms with Crippen LogP contribution in [0.4, 0.5) is 0 Å². The number of aromatic amines is 1. The molecular formula is C11H10N12. The van der Waals surface area contributed by atoms with Crippen molar-refractivity contribution in [1.82, 2.24) is 9.97 Å². The fraction of sp³-hybridized carbons (Fsp3) is 0.273. The summed E-state index contributed by atoms with van der Waals surface area (Å²) in [6.07, 6.45) is 1.80. The van der Waals surface area contributed by atoms with Crippen LogP contribution in [0.5, 0.6) is 0 Å². The van der Waals surface area contributed by atoms with E-state index >= 15 is 0 Å². The fourth-order valence-electron chi connectivity index (χ4n) is 1.99. The third-order valence-corrected chi connectivity index (χ3v) is 2.92. The zero-order valence-electron chi connectivity index (χ0n) is 11.8. The van der Waals surface area contributed by atoms with Crippen LogP contribution in [0, 0.1) is 0 Å². The molecule has 2 rings (SSSR count). The molecule has 0 radical (unpaired) electrons. The van der Waals surface area contributed by atoms with Gasteiger partial charge in [-0.1, -0.05) is 10.2 Å². The summed E-state index contributed by atoms with van der Waals surface area (Å²) in [5.41, 5.74) is 28.0. The van der Waals surface area contributed by atoms with Crippen LogP contribution in [0.15, 0.2) is 32.7 Å². The van der Waals surface area contributed by atoms with E-state index in [4.69, 9.17) is 16.6 Å². The SMILES string of the molecule is [N-]=[N+]=NCc1cc2nc(CC=NN=[N+]=[N-])[nH]c2cc1CN=[N+]=[N-]. The number of aromatic nitrogens is 2. The van der Waals surface area contributed by atoms with Gasteiger partial charge in [-0.3, -0.25) is 0 Å². The molecular weight excluding hydrogens is 300 g/mol. The van der Waals surface area contributed by atoms with Gasteiger partial charge in [0.25, 0.3) is 0 Å². The van der Waals surface area contributed by atoms with Gasteiger partial charge in [0.2, 0.25) is 0 Å². The molecule has 1 heterocycles. The first kappa shape index (κ1) is 15.7. The largest absolute Gasteiger partial charge is 0.342 e. The average molecular weight is 310 g/mol. The molecule has 0 saturated heterocycles. The van der Waals surface area contributed by atoms with E-state index in [0.717, 1.165) is 16.6 Å².